The summed E-state index contributed by atoms with van der Waals surface area (Å²) in [5.74, 6) is 2.42. The summed E-state index contributed by atoms with van der Waals surface area (Å²) < 4.78 is 16.9. The Morgan fingerprint density at radius 3 is 2.70 bits per heavy atom. The lowest BCUT2D eigenvalue weighted by Crippen LogP contribution is -2.41. The van der Waals surface area contributed by atoms with Gasteiger partial charge in [0, 0.05) is 29.4 Å². The number of anilines is 1. The summed E-state index contributed by atoms with van der Waals surface area (Å²) in [6.07, 6.45) is 0. The lowest BCUT2D eigenvalue weighted by molar-refractivity contribution is 0.0683. The minimum atomic E-state index is -0.233. The number of hydrogen-bond acceptors (Lipinski definition) is 6. The van der Waals surface area contributed by atoms with Crippen molar-refractivity contribution in [1.29, 1.82) is 0 Å². The largest absolute Gasteiger partial charge is 0.497 e. The van der Waals surface area contributed by atoms with Crippen molar-refractivity contribution >= 4 is 34.7 Å². The first-order chi connectivity index (χ1) is 16.1. The van der Waals surface area contributed by atoms with Gasteiger partial charge in [-0.2, -0.15) is 0 Å². The third kappa shape index (κ3) is 4.51. The van der Waals surface area contributed by atoms with Crippen LogP contribution in [-0.4, -0.2) is 50.1 Å². The van der Waals surface area contributed by atoms with Gasteiger partial charge < -0.3 is 24.4 Å². The van der Waals surface area contributed by atoms with Crippen molar-refractivity contribution in [1.82, 2.24) is 4.90 Å². The molecule has 1 saturated heterocycles. The summed E-state index contributed by atoms with van der Waals surface area (Å²) >= 11 is 6.22. The Balaban J connectivity index is 1.52. The fourth-order valence-corrected chi connectivity index (χ4v) is 3.98. The van der Waals surface area contributed by atoms with E-state index in [-0.39, 0.29) is 5.91 Å². The van der Waals surface area contributed by atoms with Crippen LogP contribution in [0.3, 0.4) is 0 Å². The van der Waals surface area contributed by atoms with Crippen molar-refractivity contribution in [3.63, 3.8) is 0 Å². The Bertz CT molecular complexity index is 1240. The molecule has 8 heteroatoms. The summed E-state index contributed by atoms with van der Waals surface area (Å²) in [6, 6.07) is 17.9. The van der Waals surface area contributed by atoms with E-state index in [1.807, 2.05) is 24.3 Å². The Hall–Kier alpha value is -3.55. The highest BCUT2D eigenvalue weighted by Gasteiger charge is 2.25. The van der Waals surface area contributed by atoms with Crippen molar-refractivity contribution < 1.29 is 19.0 Å². The molecule has 0 bridgehead atoms. The minimum Gasteiger partial charge on any atom is -0.497 e. The van der Waals surface area contributed by atoms with Crippen LogP contribution in [0.2, 0.25) is 5.02 Å². The quantitative estimate of drug-likeness (QED) is 0.584. The van der Waals surface area contributed by atoms with Crippen molar-refractivity contribution in [2.75, 3.05) is 38.7 Å². The van der Waals surface area contributed by atoms with Crippen LogP contribution in [0.15, 0.2) is 65.7 Å². The van der Waals surface area contributed by atoms with Crippen molar-refractivity contribution in [3.05, 3.63) is 76.8 Å². The third-order valence-electron chi connectivity index (χ3n) is 5.49. The second-order valence-corrected chi connectivity index (χ2v) is 8.08. The molecule has 2 aliphatic heterocycles. The lowest BCUT2D eigenvalue weighted by atomic mass is 10.1. The van der Waals surface area contributed by atoms with Gasteiger partial charge in [0.25, 0.3) is 5.91 Å². The number of morpholine rings is 1. The number of carbonyl (C=O) groups is 1. The maximum atomic E-state index is 12.8. The zero-order valence-corrected chi connectivity index (χ0v) is 18.8. The van der Waals surface area contributed by atoms with Crippen molar-refractivity contribution in [3.8, 4) is 17.2 Å². The van der Waals surface area contributed by atoms with Gasteiger partial charge in [-0.25, -0.2) is 4.99 Å². The van der Waals surface area contributed by atoms with Crippen LogP contribution in [0, 0.1) is 0 Å². The van der Waals surface area contributed by atoms with Crippen LogP contribution >= 0.6 is 11.6 Å². The molecular weight excluding hydrogens is 442 g/mol. The molecule has 168 valence electrons. The molecule has 2 heterocycles. The van der Waals surface area contributed by atoms with E-state index >= 15 is 0 Å². The Labute approximate surface area is 196 Å². The van der Waals surface area contributed by atoms with Crippen molar-refractivity contribution in [2.24, 2.45) is 4.99 Å². The van der Waals surface area contributed by atoms with Crippen LogP contribution < -0.4 is 14.8 Å². The second kappa shape index (κ2) is 9.13. The number of amidine groups is 1. The molecule has 1 N–H and O–H groups in total. The highest BCUT2D eigenvalue weighted by molar-refractivity contribution is 6.31. The Morgan fingerprint density at radius 1 is 1.06 bits per heavy atom. The SMILES string of the molecule is COc1cccc(C(=O)Nc2ccc3c(c2)C(N2CCOCC2)=Nc2cc(Cl)ccc2O3)c1. The summed E-state index contributed by atoms with van der Waals surface area (Å²) in [5.41, 5.74) is 2.58. The number of nitrogens with zero attached hydrogens (tertiary/aromatic N) is 2. The minimum absolute atomic E-state index is 0.233. The van der Waals surface area contributed by atoms with E-state index in [0.29, 0.717) is 65.5 Å². The zero-order valence-electron chi connectivity index (χ0n) is 18.0. The number of amides is 1. The monoisotopic (exact) mass is 463 g/mol. The first kappa shape index (κ1) is 21.3. The lowest BCUT2D eigenvalue weighted by Gasteiger charge is -2.30. The molecule has 0 spiro atoms. The molecule has 1 amide bonds. The number of benzene rings is 3. The van der Waals surface area contributed by atoms with Gasteiger partial charge in [-0.15, -0.1) is 0 Å². The van der Waals surface area contributed by atoms with Crippen molar-refractivity contribution in [2.45, 2.75) is 0 Å². The van der Waals surface area contributed by atoms with Crippen LogP contribution in [0.5, 0.6) is 17.2 Å². The number of methoxy groups -OCH3 is 1. The van der Waals surface area contributed by atoms with E-state index < -0.39 is 0 Å². The van der Waals surface area contributed by atoms with Gasteiger partial charge in [0.2, 0.25) is 0 Å². The second-order valence-electron chi connectivity index (χ2n) is 7.65. The molecule has 0 radical (unpaired) electrons. The number of hydrogen-bond donors (Lipinski definition) is 1. The average Bonchev–Trinajstić information content (AvgIpc) is 3.01. The van der Waals surface area contributed by atoms with E-state index in [0.717, 1.165) is 11.4 Å². The molecule has 0 aromatic heterocycles. The van der Waals surface area contributed by atoms with Crippen LogP contribution in [0.4, 0.5) is 11.4 Å². The number of carbonyl (C=O) groups excluding carboxylic acids is 1. The maximum Gasteiger partial charge on any atom is 0.255 e. The normalized spacial score (nSPS) is 14.8. The van der Waals surface area contributed by atoms with Gasteiger partial charge in [-0.05, 0) is 54.6 Å². The topological polar surface area (TPSA) is 72.4 Å². The molecule has 0 unspecified atom stereocenters. The predicted octanol–water partition coefficient (Wildman–Crippen LogP) is 5.12. The predicted molar refractivity (Wildman–Crippen MR) is 128 cm³/mol. The Kier molecular flexibility index (Phi) is 5.90. The van der Waals surface area contributed by atoms with E-state index in [1.54, 1.807) is 43.5 Å². The first-order valence-corrected chi connectivity index (χ1v) is 11.0. The number of nitrogens with one attached hydrogen (secondary N) is 1. The fraction of sp³-hybridized carbons (Fsp3) is 0.200. The van der Waals surface area contributed by atoms with Gasteiger partial charge in [0.05, 0.1) is 25.9 Å². The Morgan fingerprint density at radius 2 is 1.88 bits per heavy atom. The first-order valence-electron chi connectivity index (χ1n) is 10.6. The van der Waals surface area contributed by atoms with Gasteiger partial charge in [-0.3, -0.25) is 4.79 Å². The molecule has 33 heavy (non-hydrogen) atoms. The maximum absolute atomic E-state index is 12.8. The summed E-state index contributed by atoms with van der Waals surface area (Å²) in [5, 5.41) is 3.55. The highest BCUT2D eigenvalue weighted by atomic mass is 35.5. The molecular formula is C25H22ClN3O4. The molecule has 0 saturated carbocycles. The molecule has 3 aromatic carbocycles. The molecule has 2 aliphatic rings. The van der Waals surface area contributed by atoms with Crippen LogP contribution in [0.25, 0.3) is 0 Å². The third-order valence-corrected chi connectivity index (χ3v) is 5.72. The molecule has 0 aliphatic carbocycles. The summed E-state index contributed by atoms with van der Waals surface area (Å²) in [7, 11) is 1.57. The number of rotatable bonds is 3. The standard InChI is InChI=1S/C25H22ClN3O4/c1-31-19-4-2-3-16(13-19)25(30)27-18-6-8-22-20(15-18)24(29-9-11-32-12-10-29)28-21-14-17(26)5-7-23(21)33-22/h2-8,13-15H,9-12H2,1H3,(H,27,30). The van der Waals surface area contributed by atoms with E-state index in [2.05, 4.69) is 10.2 Å². The van der Waals surface area contributed by atoms with Crippen LogP contribution in [0.1, 0.15) is 15.9 Å². The number of aliphatic imine (C=N–C) groups is 1. The molecule has 7 nitrogen and oxygen atoms in total. The average molecular weight is 464 g/mol. The van der Waals surface area contributed by atoms with Gasteiger partial charge in [0.1, 0.15) is 23.0 Å². The molecule has 1 fully saturated rings. The molecule has 5 rings (SSSR count). The van der Waals surface area contributed by atoms with Gasteiger partial charge >= 0.3 is 0 Å². The van der Waals surface area contributed by atoms with Crippen LogP contribution in [-0.2, 0) is 4.74 Å². The molecule has 0 atom stereocenters. The van der Waals surface area contributed by atoms with E-state index in [4.69, 9.17) is 30.8 Å². The van der Waals surface area contributed by atoms with Gasteiger partial charge in [0.15, 0.2) is 5.75 Å². The summed E-state index contributed by atoms with van der Waals surface area (Å²) in [6.45, 7) is 2.64. The number of halogens is 1. The van der Waals surface area contributed by atoms with E-state index in [9.17, 15) is 4.79 Å². The smallest absolute Gasteiger partial charge is 0.255 e. The number of ether oxygens (including phenoxy) is 3. The summed E-state index contributed by atoms with van der Waals surface area (Å²) in [4.78, 5) is 19.9. The van der Waals surface area contributed by atoms with E-state index in [1.165, 1.54) is 0 Å². The fourth-order valence-electron chi connectivity index (χ4n) is 3.81. The van der Waals surface area contributed by atoms with Gasteiger partial charge in [-0.1, -0.05) is 17.7 Å². The molecule has 3 aromatic rings. The zero-order chi connectivity index (χ0) is 22.8. The number of fused-ring (bicyclic) bond motifs is 2. The highest BCUT2D eigenvalue weighted by Crippen LogP contribution is 2.40.